The molecule has 0 aromatic heterocycles. The summed E-state index contributed by atoms with van der Waals surface area (Å²) in [4.78, 5) is 2.24. The Morgan fingerprint density at radius 1 is 1.06 bits per heavy atom. The Hall–Kier alpha value is -0.750. The molecule has 1 aliphatic heterocycles. The number of likely N-dealkylation sites (tertiary alicyclic amines) is 1. The van der Waals surface area contributed by atoms with Gasteiger partial charge in [-0.25, -0.2) is 0 Å². The van der Waals surface area contributed by atoms with Crippen molar-refractivity contribution in [3.63, 3.8) is 0 Å². The van der Waals surface area contributed by atoms with Crippen molar-refractivity contribution in [3.05, 3.63) is 33.8 Å². The molecule has 1 heterocycles. The zero-order valence-corrected chi connectivity index (χ0v) is 11.7. The van der Waals surface area contributed by atoms with Gasteiger partial charge in [0.1, 0.15) is 6.04 Å². The van der Waals surface area contributed by atoms with E-state index in [0.29, 0.717) is 10.0 Å². The molecule has 1 aliphatic rings. The molecule has 1 fully saturated rings. The molecule has 0 saturated carbocycles. The minimum atomic E-state index is -0.210. The monoisotopic (exact) mass is 282 g/mol. The van der Waals surface area contributed by atoms with Gasteiger partial charge in [-0.3, -0.25) is 4.90 Å². The van der Waals surface area contributed by atoms with Gasteiger partial charge in [0, 0.05) is 0 Å². The fraction of sp³-hybridized carbons (Fsp3) is 0.500. The third-order valence-electron chi connectivity index (χ3n) is 3.39. The van der Waals surface area contributed by atoms with E-state index in [4.69, 9.17) is 23.2 Å². The topological polar surface area (TPSA) is 27.0 Å². The molecule has 1 saturated heterocycles. The van der Waals surface area contributed by atoms with E-state index in [2.05, 4.69) is 11.0 Å². The molecule has 96 valence electrons. The summed E-state index contributed by atoms with van der Waals surface area (Å²) in [5.74, 6) is 0. The number of hydrogen-bond acceptors (Lipinski definition) is 2. The van der Waals surface area contributed by atoms with Crippen LogP contribution >= 0.6 is 23.2 Å². The second-order valence-corrected chi connectivity index (χ2v) is 5.47. The number of benzene rings is 1. The van der Waals surface area contributed by atoms with Crippen molar-refractivity contribution in [2.24, 2.45) is 0 Å². The van der Waals surface area contributed by atoms with Crippen LogP contribution in [0.2, 0.25) is 10.0 Å². The second-order valence-electron chi connectivity index (χ2n) is 4.66. The van der Waals surface area contributed by atoms with E-state index in [9.17, 15) is 5.26 Å². The first-order chi connectivity index (χ1) is 8.72. The fourth-order valence-corrected chi connectivity index (χ4v) is 2.71. The zero-order chi connectivity index (χ0) is 13.0. The van der Waals surface area contributed by atoms with Gasteiger partial charge >= 0.3 is 0 Å². The van der Waals surface area contributed by atoms with E-state index in [1.165, 1.54) is 25.7 Å². The van der Waals surface area contributed by atoms with Gasteiger partial charge < -0.3 is 0 Å². The number of rotatable bonds is 2. The van der Waals surface area contributed by atoms with Crippen LogP contribution in [-0.2, 0) is 0 Å². The summed E-state index contributed by atoms with van der Waals surface area (Å²) >= 11 is 11.9. The highest BCUT2D eigenvalue weighted by Gasteiger charge is 2.21. The van der Waals surface area contributed by atoms with Crippen LogP contribution in [0.15, 0.2) is 18.2 Å². The van der Waals surface area contributed by atoms with Crippen LogP contribution in [0.3, 0.4) is 0 Å². The van der Waals surface area contributed by atoms with Crippen LogP contribution in [0, 0.1) is 11.3 Å². The summed E-state index contributed by atoms with van der Waals surface area (Å²) in [6.07, 6.45) is 4.85. The van der Waals surface area contributed by atoms with Gasteiger partial charge in [-0.15, -0.1) is 0 Å². The quantitative estimate of drug-likeness (QED) is 0.802. The van der Waals surface area contributed by atoms with Crippen molar-refractivity contribution < 1.29 is 0 Å². The van der Waals surface area contributed by atoms with Crippen molar-refractivity contribution in [1.82, 2.24) is 4.90 Å². The maximum atomic E-state index is 9.42. The van der Waals surface area contributed by atoms with Crippen LogP contribution < -0.4 is 0 Å². The third kappa shape index (κ3) is 3.17. The van der Waals surface area contributed by atoms with Gasteiger partial charge in [-0.1, -0.05) is 42.1 Å². The van der Waals surface area contributed by atoms with Gasteiger partial charge in [0.15, 0.2) is 0 Å². The van der Waals surface area contributed by atoms with Crippen LogP contribution in [0.25, 0.3) is 0 Å². The molecule has 0 radical (unpaired) electrons. The molecule has 1 aromatic rings. The molecular formula is C14H16Cl2N2. The lowest BCUT2D eigenvalue weighted by molar-refractivity contribution is 0.246. The van der Waals surface area contributed by atoms with E-state index < -0.39 is 0 Å². The van der Waals surface area contributed by atoms with Gasteiger partial charge in [0.05, 0.1) is 16.1 Å². The molecule has 0 spiro atoms. The lowest BCUT2D eigenvalue weighted by Crippen LogP contribution is -2.28. The first-order valence-corrected chi connectivity index (χ1v) is 7.06. The number of hydrogen-bond donors (Lipinski definition) is 0. The Morgan fingerprint density at radius 3 is 2.28 bits per heavy atom. The lowest BCUT2D eigenvalue weighted by Gasteiger charge is -2.25. The summed E-state index contributed by atoms with van der Waals surface area (Å²) in [5.41, 5.74) is 0.939. The first-order valence-electron chi connectivity index (χ1n) is 6.31. The predicted octanol–water partition coefficient (Wildman–Crippen LogP) is 4.43. The van der Waals surface area contributed by atoms with Gasteiger partial charge in [0.2, 0.25) is 0 Å². The Kier molecular flexibility index (Phi) is 4.88. The van der Waals surface area contributed by atoms with E-state index in [0.717, 1.165) is 18.7 Å². The molecule has 4 heteroatoms. The number of halogens is 2. The summed E-state index contributed by atoms with van der Waals surface area (Å²) in [6.45, 7) is 1.97. The highest BCUT2D eigenvalue weighted by molar-refractivity contribution is 6.42. The molecule has 0 amide bonds. The predicted molar refractivity (Wildman–Crippen MR) is 74.9 cm³/mol. The summed E-state index contributed by atoms with van der Waals surface area (Å²) in [5, 5.41) is 10.5. The van der Waals surface area contributed by atoms with Gasteiger partial charge in [-0.05, 0) is 43.6 Å². The molecular weight excluding hydrogens is 267 g/mol. The Bertz CT molecular complexity index is 446. The number of nitriles is 1. The van der Waals surface area contributed by atoms with Crippen molar-refractivity contribution in [3.8, 4) is 6.07 Å². The summed E-state index contributed by atoms with van der Waals surface area (Å²) in [7, 11) is 0. The van der Waals surface area contributed by atoms with Gasteiger partial charge in [0.25, 0.3) is 0 Å². The largest absolute Gasteiger partial charge is 0.284 e. The fourth-order valence-electron chi connectivity index (χ4n) is 2.40. The molecule has 0 bridgehead atoms. The van der Waals surface area contributed by atoms with E-state index in [1.807, 2.05) is 12.1 Å². The maximum Gasteiger partial charge on any atom is 0.123 e. The van der Waals surface area contributed by atoms with Crippen molar-refractivity contribution in [2.75, 3.05) is 13.1 Å². The molecule has 0 N–H and O–H groups in total. The number of nitrogens with zero attached hydrogens (tertiary/aromatic N) is 2. The van der Waals surface area contributed by atoms with Crippen LogP contribution in [0.1, 0.15) is 37.3 Å². The normalized spacial score (nSPS) is 18.9. The van der Waals surface area contributed by atoms with Crippen molar-refractivity contribution >= 4 is 23.2 Å². The lowest BCUT2D eigenvalue weighted by atomic mass is 10.1. The van der Waals surface area contributed by atoms with E-state index in [1.54, 1.807) is 6.07 Å². The highest BCUT2D eigenvalue weighted by Crippen LogP contribution is 2.29. The molecule has 0 aliphatic carbocycles. The SMILES string of the molecule is N#CC(c1ccc(Cl)c(Cl)c1)N1CCCCCC1. The van der Waals surface area contributed by atoms with Crippen LogP contribution in [-0.4, -0.2) is 18.0 Å². The second kappa shape index (κ2) is 6.43. The third-order valence-corrected chi connectivity index (χ3v) is 4.13. The molecule has 18 heavy (non-hydrogen) atoms. The molecule has 1 aromatic carbocycles. The average Bonchev–Trinajstić information content (AvgIpc) is 2.64. The van der Waals surface area contributed by atoms with Crippen molar-refractivity contribution in [1.29, 1.82) is 5.26 Å². The van der Waals surface area contributed by atoms with E-state index in [-0.39, 0.29) is 6.04 Å². The maximum absolute atomic E-state index is 9.42. The Balaban J connectivity index is 2.21. The van der Waals surface area contributed by atoms with E-state index >= 15 is 0 Å². The van der Waals surface area contributed by atoms with Crippen LogP contribution in [0.4, 0.5) is 0 Å². The van der Waals surface area contributed by atoms with Crippen molar-refractivity contribution in [2.45, 2.75) is 31.7 Å². The molecule has 1 unspecified atom stereocenters. The minimum Gasteiger partial charge on any atom is -0.284 e. The summed E-state index contributed by atoms with van der Waals surface area (Å²) < 4.78 is 0. The Morgan fingerprint density at radius 2 is 1.72 bits per heavy atom. The smallest absolute Gasteiger partial charge is 0.123 e. The van der Waals surface area contributed by atoms with Crippen LogP contribution in [0.5, 0.6) is 0 Å². The average molecular weight is 283 g/mol. The first kappa shape index (κ1) is 13.7. The standard InChI is InChI=1S/C14H16Cl2N2/c15-12-6-5-11(9-13(12)16)14(10-17)18-7-3-1-2-4-8-18/h5-6,9,14H,1-4,7-8H2. The summed E-state index contributed by atoms with van der Waals surface area (Å²) in [6, 6.07) is 7.65. The van der Waals surface area contributed by atoms with Gasteiger partial charge in [-0.2, -0.15) is 5.26 Å². The minimum absolute atomic E-state index is 0.210. The molecule has 2 rings (SSSR count). The molecule has 1 atom stereocenters. The Labute approximate surface area is 118 Å². The highest BCUT2D eigenvalue weighted by atomic mass is 35.5. The molecule has 2 nitrogen and oxygen atoms in total. The zero-order valence-electron chi connectivity index (χ0n) is 10.2.